The minimum absolute atomic E-state index is 0. The number of rotatable bonds is 10. The van der Waals surface area contributed by atoms with Crippen LogP contribution in [-0.2, 0) is 10.0 Å². The highest BCUT2D eigenvalue weighted by Crippen LogP contribution is 2.30. The van der Waals surface area contributed by atoms with Crippen LogP contribution < -0.4 is 4.90 Å². The van der Waals surface area contributed by atoms with Crippen LogP contribution in [0.15, 0.2) is 53.4 Å². The Hall–Kier alpha value is -2.04. The number of hydrogen-bond donors (Lipinski definition) is 0. The highest BCUT2D eigenvalue weighted by Gasteiger charge is 2.29. The minimum atomic E-state index is -3.61. The number of para-hydroxylation sites is 1. The van der Waals surface area contributed by atoms with Crippen LogP contribution >= 0.6 is 23.7 Å². The molecule has 0 atom stereocenters. The van der Waals surface area contributed by atoms with Gasteiger partial charge in [-0.2, -0.15) is 4.31 Å². The average molecular weight is 565 g/mol. The summed E-state index contributed by atoms with van der Waals surface area (Å²) in [6.07, 6.45) is 5.09. The number of nitrogens with zero attached hydrogens (tertiary/aromatic N) is 4. The summed E-state index contributed by atoms with van der Waals surface area (Å²) in [4.78, 5) is 22.6. The predicted molar refractivity (Wildman–Crippen MR) is 155 cm³/mol. The van der Waals surface area contributed by atoms with Gasteiger partial charge in [0.15, 0.2) is 5.13 Å². The first-order valence-corrected chi connectivity index (χ1v) is 15.1. The molecule has 0 bridgehead atoms. The van der Waals surface area contributed by atoms with Crippen molar-refractivity contribution in [1.29, 1.82) is 0 Å². The third-order valence-corrected chi connectivity index (χ3v) is 10.1. The van der Waals surface area contributed by atoms with Crippen molar-refractivity contribution in [1.82, 2.24) is 14.2 Å². The number of fused-ring (bicyclic) bond motifs is 1. The van der Waals surface area contributed by atoms with Gasteiger partial charge < -0.3 is 4.90 Å². The van der Waals surface area contributed by atoms with E-state index in [2.05, 4.69) is 18.7 Å². The van der Waals surface area contributed by atoms with Gasteiger partial charge >= 0.3 is 0 Å². The topological polar surface area (TPSA) is 73.8 Å². The summed E-state index contributed by atoms with van der Waals surface area (Å²) < 4.78 is 29.0. The third kappa shape index (κ3) is 6.70. The van der Waals surface area contributed by atoms with Crippen LogP contribution in [0.5, 0.6) is 0 Å². The molecule has 4 rings (SSSR count). The van der Waals surface area contributed by atoms with Crippen molar-refractivity contribution in [3.05, 3.63) is 54.1 Å². The molecular weight excluding hydrogens is 528 g/mol. The summed E-state index contributed by atoms with van der Waals surface area (Å²) in [5.74, 6) is -0.175. The highest BCUT2D eigenvalue weighted by atomic mass is 35.5. The van der Waals surface area contributed by atoms with Gasteiger partial charge in [0.2, 0.25) is 10.0 Å². The Kier molecular flexibility index (Phi) is 10.5. The Morgan fingerprint density at radius 3 is 2.24 bits per heavy atom. The zero-order chi connectivity index (χ0) is 25.7. The largest absolute Gasteiger partial charge is 0.302 e. The van der Waals surface area contributed by atoms with E-state index in [0.29, 0.717) is 17.2 Å². The van der Waals surface area contributed by atoms with Crippen molar-refractivity contribution in [3.8, 4) is 0 Å². The number of carbonyl (C=O) groups excluding carboxylic acids is 1. The van der Waals surface area contributed by atoms with Gasteiger partial charge in [-0.3, -0.25) is 9.69 Å². The van der Waals surface area contributed by atoms with E-state index in [1.165, 1.54) is 22.1 Å². The van der Waals surface area contributed by atoms with Gasteiger partial charge in [0.1, 0.15) is 0 Å². The maximum atomic E-state index is 13.7. The summed E-state index contributed by atoms with van der Waals surface area (Å²) in [6.45, 7) is 7.25. The smallest absolute Gasteiger partial charge is 0.260 e. The van der Waals surface area contributed by atoms with Crippen LogP contribution in [0.4, 0.5) is 5.13 Å². The number of amides is 1. The van der Waals surface area contributed by atoms with Crippen molar-refractivity contribution in [3.63, 3.8) is 0 Å². The summed E-state index contributed by atoms with van der Waals surface area (Å²) in [5, 5.41) is 0.655. The molecule has 3 aromatic rings. The molecule has 1 aliphatic rings. The second-order valence-electron chi connectivity index (χ2n) is 9.29. The van der Waals surface area contributed by atoms with Gasteiger partial charge in [-0.25, -0.2) is 13.4 Å². The van der Waals surface area contributed by atoms with Crippen molar-refractivity contribution in [2.45, 2.75) is 56.9 Å². The normalized spacial score (nSPS) is 14.7. The first-order valence-electron chi connectivity index (χ1n) is 12.8. The molecule has 0 saturated heterocycles. The van der Waals surface area contributed by atoms with Crippen LogP contribution in [0, 0.1) is 0 Å². The number of sulfonamides is 1. The molecule has 1 aromatic heterocycles. The maximum Gasteiger partial charge on any atom is 0.260 e. The molecule has 202 valence electrons. The minimum Gasteiger partial charge on any atom is -0.302 e. The Morgan fingerprint density at radius 1 is 0.973 bits per heavy atom. The van der Waals surface area contributed by atoms with E-state index in [0.717, 1.165) is 55.5 Å². The lowest BCUT2D eigenvalue weighted by atomic mass is 9.96. The van der Waals surface area contributed by atoms with Crippen molar-refractivity contribution < 1.29 is 13.2 Å². The predicted octanol–water partition coefficient (Wildman–Crippen LogP) is 5.66. The number of thiazole rings is 1. The van der Waals surface area contributed by atoms with Crippen molar-refractivity contribution in [2.75, 3.05) is 38.1 Å². The molecule has 0 radical (unpaired) electrons. The summed E-state index contributed by atoms with van der Waals surface area (Å²) >= 11 is 1.50. The van der Waals surface area contributed by atoms with Gasteiger partial charge in [-0.1, -0.05) is 56.6 Å². The number of aromatic nitrogens is 1. The number of benzene rings is 2. The molecule has 1 saturated carbocycles. The Labute approximate surface area is 230 Å². The fraction of sp³-hybridized carbons (Fsp3) is 0.481. The molecule has 0 unspecified atom stereocenters. The number of carbonyl (C=O) groups is 1. The highest BCUT2D eigenvalue weighted by molar-refractivity contribution is 7.89. The number of halogens is 1. The Bertz CT molecular complexity index is 1240. The van der Waals surface area contributed by atoms with Crippen LogP contribution in [0.2, 0.25) is 0 Å². The maximum absolute atomic E-state index is 13.7. The number of likely N-dealkylation sites (N-methyl/N-ethyl adjacent to an activating group) is 1. The molecule has 1 fully saturated rings. The van der Waals surface area contributed by atoms with E-state index in [4.69, 9.17) is 4.98 Å². The average Bonchev–Trinajstić information content (AvgIpc) is 3.35. The van der Waals surface area contributed by atoms with E-state index in [-0.39, 0.29) is 29.3 Å². The van der Waals surface area contributed by atoms with E-state index in [1.807, 2.05) is 24.3 Å². The monoisotopic (exact) mass is 564 g/mol. The van der Waals surface area contributed by atoms with Gasteiger partial charge in [-0.05, 0) is 62.3 Å². The SMILES string of the molecule is CCN(CC)CCN(C(=O)c1ccc(S(=O)(=O)N(C)C2CCCCC2)cc1)c1nc2ccccc2s1.Cl. The molecule has 37 heavy (non-hydrogen) atoms. The van der Waals surface area contributed by atoms with Gasteiger partial charge in [0.05, 0.1) is 15.1 Å². The molecule has 0 spiro atoms. The van der Waals surface area contributed by atoms with Crippen LogP contribution in [0.1, 0.15) is 56.3 Å². The van der Waals surface area contributed by atoms with Crippen LogP contribution in [0.25, 0.3) is 10.2 Å². The summed E-state index contributed by atoms with van der Waals surface area (Å²) in [7, 11) is -1.93. The van der Waals surface area contributed by atoms with Crippen molar-refractivity contribution >= 4 is 55.0 Å². The molecular formula is C27H37ClN4O3S2. The van der Waals surface area contributed by atoms with E-state index < -0.39 is 10.0 Å². The fourth-order valence-electron chi connectivity index (χ4n) is 4.77. The standard InChI is InChI=1S/C27H36N4O3S2.ClH/c1-4-30(5-2)19-20-31(27-28-24-13-9-10-14-25(24)35-27)26(32)21-15-17-23(18-16-21)36(33,34)29(3)22-11-7-6-8-12-22;/h9-10,13-18,22H,4-8,11-12,19-20H2,1-3H3;1H. The Balaban J connectivity index is 0.00000380. The lowest BCUT2D eigenvalue weighted by Gasteiger charge is -2.30. The van der Waals surface area contributed by atoms with Crippen molar-refractivity contribution in [2.24, 2.45) is 0 Å². The molecule has 7 nitrogen and oxygen atoms in total. The third-order valence-electron chi connectivity index (χ3n) is 7.16. The molecule has 1 aliphatic carbocycles. The molecule has 1 amide bonds. The first kappa shape index (κ1) is 29.5. The molecule has 10 heteroatoms. The van der Waals surface area contributed by atoms with Crippen LogP contribution in [-0.4, -0.2) is 67.8 Å². The molecule has 0 N–H and O–H groups in total. The van der Waals surface area contributed by atoms with Gasteiger partial charge in [0.25, 0.3) is 5.91 Å². The molecule has 0 aliphatic heterocycles. The number of anilines is 1. The van der Waals surface area contributed by atoms with E-state index >= 15 is 0 Å². The summed E-state index contributed by atoms with van der Waals surface area (Å²) in [6, 6.07) is 14.3. The summed E-state index contributed by atoms with van der Waals surface area (Å²) in [5.41, 5.74) is 1.32. The second-order valence-corrected chi connectivity index (χ2v) is 12.3. The van der Waals surface area contributed by atoms with E-state index in [1.54, 1.807) is 36.2 Å². The van der Waals surface area contributed by atoms with Crippen LogP contribution in [0.3, 0.4) is 0 Å². The van der Waals surface area contributed by atoms with E-state index in [9.17, 15) is 13.2 Å². The molecule has 1 heterocycles. The van der Waals surface area contributed by atoms with Gasteiger partial charge in [-0.15, -0.1) is 12.4 Å². The number of hydrogen-bond acceptors (Lipinski definition) is 6. The first-order chi connectivity index (χ1) is 17.3. The zero-order valence-electron chi connectivity index (χ0n) is 21.8. The Morgan fingerprint density at radius 2 is 1.62 bits per heavy atom. The van der Waals surface area contributed by atoms with Gasteiger partial charge in [0, 0.05) is 31.7 Å². The lowest BCUT2D eigenvalue weighted by molar-refractivity contribution is 0.0983. The fourth-order valence-corrected chi connectivity index (χ4v) is 7.18. The lowest BCUT2D eigenvalue weighted by Crippen LogP contribution is -2.39. The second kappa shape index (κ2) is 13.2. The quantitative estimate of drug-likeness (QED) is 0.318. The molecule has 2 aromatic carbocycles. The zero-order valence-corrected chi connectivity index (χ0v) is 24.2.